The molecular weight excluding hydrogens is 552 g/mol. The average Bonchev–Trinajstić information content (AvgIpc) is 3.49. The molecule has 0 N–H and O–H groups in total. The van der Waals surface area contributed by atoms with Gasteiger partial charge in [-0.3, -0.25) is 9.79 Å². The highest BCUT2D eigenvalue weighted by Crippen LogP contribution is 2.44. The number of hydrogen-bond acceptors (Lipinski definition) is 9. The molecule has 1 aromatic heterocycles. The lowest BCUT2D eigenvalue weighted by Gasteiger charge is -2.32. The summed E-state index contributed by atoms with van der Waals surface area (Å²) in [5, 5.41) is 2.77. The number of aliphatic imine (C=N–C) groups is 1. The normalized spacial score (nSPS) is 16.6. The molecule has 9 heteroatoms. The molecule has 0 aliphatic carbocycles. The van der Waals surface area contributed by atoms with Crippen LogP contribution in [0.5, 0.6) is 5.75 Å². The van der Waals surface area contributed by atoms with Crippen LogP contribution in [0.4, 0.5) is 0 Å². The maximum atomic E-state index is 13.6. The van der Waals surface area contributed by atoms with Gasteiger partial charge < -0.3 is 18.9 Å². The third-order valence-electron chi connectivity index (χ3n) is 6.98. The van der Waals surface area contributed by atoms with E-state index in [0.29, 0.717) is 36.6 Å². The minimum atomic E-state index is -0.790. The molecular formula is C33H38N2O6S. The van der Waals surface area contributed by atoms with Gasteiger partial charge >= 0.3 is 11.9 Å². The summed E-state index contributed by atoms with van der Waals surface area (Å²) in [6.45, 7) is 8.83. The van der Waals surface area contributed by atoms with Crippen LogP contribution in [0.25, 0.3) is 21.8 Å². The summed E-state index contributed by atoms with van der Waals surface area (Å²) in [5.74, 6) is -1.62. The Balaban J connectivity index is 1.76. The summed E-state index contributed by atoms with van der Waals surface area (Å²) < 4.78 is 22.1. The van der Waals surface area contributed by atoms with Gasteiger partial charge in [-0.1, -0.05) is 38.1 Å². The maximum absolute atomic E-state index is 13.6. The van der Waals surface area contributed by atoms with Crippen molar-refractivity contribution in [2.75, 3.05) is 33.5 Å². The Labute approximate surface area is 251 Å². The van der Waals surface area contributed by atoms with Crippen LogP contribution in [0.3, 0.4) is 0 Å². The van der Waals surface area contributed by atoms with Crippen molar-refractivity contribution in [2.24, 2.45) is 10.9 Å². The predicted octanol–water partition coefficient (Wildman–Crippen LogP) is 6.86. The Hall–Kier alpha value is -3.82. The molecule has 2 aromatic carbocycles. The van der Waals surface area contributed by atoms with E-state index in [9.17, 15) is 9.59 Å². The number of thiazole rings is 1. The number of carbonyl (C=O) groups is 2. The van der Waals surface area contributed by atoms with Crippen LogP contribution < -0.4 is 4.74 Å². The van der Waals surface area contributed by atoms with Gasteiger partial charge in [-0.25, -0.2) is 9.78 Å². The minimum Gasteiger partial charge on any atom is -0.497 e. The standard InChI is InChI=1S/C33H38N2O6S/c1-6-16-39-18-19-41-33(37)29-22(4)34-21(3)28(32(36)40-17-7-2)30(29)25-10-8-9-11-26(25)31-35-27(20-42-31)23-12-14-24(38-5)15-13-23/h8-15,20,28,30H,6-7,16-19H2,1-5H3. The lowest BCUT2D eigenvalue weighted by atomic mass is 9.74. The smallest absolute Gasteiger partial charge is 0.336 e. The second kappa shape index (κ2) is 14.9. The first kappa shape index (κ1) is 31.1. The first-order valence-electron chi connectivity index (χ1n) is 14.3. The van der Waals surface area contributed by atoms with Crippen LogP contribution >= 0.6 is 11.3 Å². The average molecular weight is 591 g/mol. The van der Waals surface area contributed by atoms with Crippen molar-refractivity contribution in [1.29, 1.82) is 0 Å². The molecule has 2 heterocycles. The van der Waals surface area contributed by atoms with Gasteiger partial charge in [0.2, 0.25) is 0 Å². The zero-order chi connectivity index (χ0) is 30.1. The van der Waals surface area contributed by atoms with Gasteiger partial charge in [-0.05, 0) is 56.5 Å². The van der Waals surface area contributed by atoms with Crippen LogP contribution in [0.1, 0.15) is 52.0 Å². The molecule has 0 spiro atoms. The van der Waals surface area contributed by atoms with Crippen molar-refractivity contribution in [3.8, 4) is 27.6 Å². The number of nitrogens with zero attached hydrogens (tertiary/aromatic N) is 2. The quantitative estimate of drug-likeness (QED) is 0.159. The molecule has 0 fully saturated rings. The van der Waals surface area contributed by atoms with E-state index >= 15 is 0 Å². The van der Waals surface area contributed by atoms with Crippen molar-refractivity contribution in [3.63, 3.8) is 0 Å². The van der Waals surface area contributed by atoms with Crippen molar-refractivity contribution in [3.05, 3.63) is 70.7 Å². The third kappa shape index (κ3) is 7.14. The van der Waals surface area contributed by atoms with Gasteiger partial charge in [0.25, 0.3) is 0 Å². The Morgan fingerprint density at radius 1 is 0.905 bits per heavy atom. The molecule has 0 saturated carbocycles. The van der Waals surface area contributed by atoms with Gasteiger partial charge in [0, 0.05) is 40.4 Å². The number of aromatic nitrogens is 1. The van der Waals surface area contributed by atoms with Gasteiger partial charge in [-0.15, -0.1) is 11.3 Å². The molecule has 0 saturated heterocycles. The van der Waals surface area contributed by atoms with Crippen molar-refractivity contribution >= 4 is 29.0 Å². The van der Waals surface area contributed by atoms with Gasteiger partial charge in [-0.2, -0.15) is 0 Å². The van der Waals surface area contributed by atoms with E-state index in [2.05, 4.69) is 4.99 Å². The van der Waals surface area contributed by atoms with E-state index in [-0.39, 0.29) is 13.2 Å². The van der Waals surface area contributed by atoms with E-state index in [1.807, 2.05) is 74.7 Å². The molecule has 4 rings (SSSR count). The molecule has 0 bridgehead atoms. The maximum Gasteiger partial charge on any atom is 0.336 e. The SMILES string of the molecule is CCCOCCOC(=O)C1=C(C)N=C(C)C(C(=O)OCCC)C1c1ccccc1-c1nc(-c2ccc(OC)cc2)cs1. The Kier molecular flexibility index (Phi) is 11.0. The first-order valence-corrected chi connectivity index (χ1v) is 15.1. The van der Waals surface area contributed by atoms with E-state index in [1.165, 1.54) is 11.3 Å². The molecule has 0 amide bonds. The summed E-state index contributed by atoms with van der Waals surface area (Å²) in [5.41, 5.74) is 4.86. The topological polar surface area (TPSA) is 96.3 Å². The number of ether oxygens (including phenoxy) is 4. The number of rotatable bonds is 13. The van der Waals surface area contributed by atoms with Crippen molar-refractivity contribution < 1.29 is 28.5 Å². The Bertz CT molecular complexity index is 1440. The van der Waals surface area contributed by atoms with Crippen LogP contribution in [0, 0.1) is 5.92 Å². The zero-order valence-electron chi connectivity index (χ0n) is 24.8. The van der Waals surface area contributed by atoms with Crippen LogP contribution in [0.2, 0.25) is 0 Å². The minimum absolute atomic E-state index is 0.106. The fraction of sp³-hybridized carbons (Fsp3) is 0.394. The summed E-state index contributed by atoms with van der Waals surface area (Å²) in [4.78, 5) is 36.7. The van der Waals surface area contributed by atoms with Gasteiger partial charge in [0.05, 0.1) is 31.6 Å². The predicted molar refractivity (Wildman–Crippen MR) is 165 cm³/mol. The summed E-state index contributed by atoms with van der Waals surface area (Å²) in [6.07, 6.45) is 1.56. The largest absolute Gasteiger partial charge is 0.497 e. The zero-order valence-corrected chi connectivity index (χ0v) is 25.7. The van der Waals surface area contributed by atoms with E-state index in [0.717, 1.165) is 39.6 Å². The fourth-order valence-corrected chi connectivity index (χ4v) is 5.88. The fourth-order valence-electron chi connectivity index (χ4n) is 5.01. The molecule has 1 aliphatic heterocycles. The molecule has 2 atom stereocenters. The highest BCUT2D eigenvalue weighted by molar-refractivity contribution is 7.13. The number of esters is 2. The summed E-state index contributed by atoms with van der Waals surface area (Å²) in [7, 11) is 1.64. The van der Waals surface area contributed by atoms with Crippen LogP contribution in [-0.4, -0.2) is 56.2 Å². The van der Waals surface area contributed by atoms with Gasteiger partial charge in [0.15, 0.2) is 0 Å². The summed E-state index contributed by atoms with van der Waals surface area (Å²) in [6, 6.07) is 15.5. The van der Waals surface area contributed by atoms with Crippen molar-refractivity contribution in [2.45, 2.75) is 46.5 Å². The number of benzene rings is 2. The molecule has 42 heavy (non-hydrogen) atoms. The molecule has 8 nitrogen and oxygen atoms in total. The highest BCUT2D eigenvalue weighted by Gasteiger charge is 2.43. The Morgan fingerprint density at radius 2 is 1.64 bits per heavy atom. The number of carbonyl (C=O) groups excluding carboxylic acids is 2. The van der Waals surface area contributed by atoms with E-state index < -0.39 is 23.8 Å². The number of hydrogen-bond donors (Lipinski definition) is 0. The molecule has 0 radical (unpaired) electrons. The second-order valence-electron chi connectivity index (χ2n) is 9.98. The molecule has 222 valence electrons. The van der Waals surface area contributed by atoms with E-state index in [1.54, 1.807) is 14.0 Å². The highest BCUT2D eigenvalue weighted by atomic mass is 32.1. The van der Waals surface area contributed by atoms with E-state index in [4.69, 9.17) is 23.9 Å². The number of methoxy groups -OCH3 is 1. The van der Waals surface area contributed by atoms with Crippen molar-refractivity contribution in [1.82, 2.24) is 4.98 Å². The number of allylic oxidation sites excluding steroid dienone is 1. The van der Waals surface area contributed by atoms with Crippen LogP contribution in [-0.2, 0) is 23.8 Å². The van der Waals surface area contributed by atoms with Crippen LogP contribution in [0.15, 0.2) is 70.2 Å². The second-order valence-corrected chi connectivity index (χ2v) is 10.8. The monoisotopic (exact) mass is 590 g/mol. The van der Waals surface area contributed by atoms with Gasteiger partial charge in [0.1, 0.15) is 23.3 Å². The molecule has 2 unspecified atom stereocenters. The lowest BCUT2D eigenvalue weighted by Crippen LogP contribution is -2.37. The first-order chi connectivity index (χ1) is 20.4. The molecule has 1 aliphatic rings. The lowest BCUT2D eigenvalue weighted by molar-refractivity contribution is -0.147. The third-order valence-corrected chi connectivity index (χ3v) is 7.85. The molecule has 3 aromatic rings. The Morgan fingerprint density at radius 3 is 2.36 bits per heavy atom. The summed E-state index contributed by atoms with van der Waals surface area (Å²) >= 11 is 1.50.